The third kappa shape index (κ3) is 3.66. The largest absolute Gasteiger partial charge is 0.503 e. The van der Waals surface area contributed by atoms with Crippen LogP contribution in [0.15, 0.2) is 59.9 Å². The summed E-state index contributed by atoms with van der Waals surface area (Å²) in [5.41, 5.74) is 2.34. The van der Waals surface area contributed by atoms with Crippen molar-refractivity contribution in [2.75, 3.05) is 31.0 Å². The number of carbonyl (C=O) groups excluding carboxylic acids is 3. The highest BCUT2D eigenvalue weighted by Gasteiger charge is 2.43. The Kier molecular flexibility index (Phi) is 5.91. The average Bonchev–Trinajstić information content (AvgIpc) is 3.03. The van der Waals surface area contributed by atoms with Crippen LogP contribution >= 0.6 is 0 Å². The molecule has 0 saturated carbocycles. The Labute approximate surface area is 175 Å². The molecule has 1 atom stereocenters. The molecule has 1 amide bonds. The molecule has 0 aliphatic carbocycles. The van der Waals surface area contributed by atoms with Crippen LogP contribution in [0, 0.1) is 0 Å². The van der Waals surface area contributed by atoms with Gasteiger partial charge in [0.2, 0.25) is 0 Å². The molecular weight excluding hydrogens is 384 g/mol. The third-order valence-electron chi connectivity index (χ3n) is 5.10. The zero-order valence-electron chi connectivity index (χ0n) is 17.4. The van der Waals surface area contributed by atoms with Gasteiger partial charge in [-0.15, -0.1) is 0 Å². The Bertz CT molecular complexity index is 1020. The zero-order chi connectivity index (χ0) is 22.0. The Morgan fingerprint density at radius 1 is 1.13 bits per heavy atom. The fraction of sp³-hybridized carbons (Fsp3) is 0.261. The van der Waals surface area contributed by atoms with Crippen molar-refractivity contribution in [1.29, 1.82) is 0 Å². The van der Waals surface area contributed by atoms with E-state index in [1.807, 2.05) is 43.3 Å². The van der Waals surface area contributed by atoms with Crippen LogP contribution in [-0.2, 0) is 14.3 Å². The second kappa shape index (κ2) is 8.41. The SMILES string of the molecule is CCC(=O)C1=C(O)C(=O)N(c2cccc(C(=O)OC)c2)C1c1ccc(N(C)C)cc1. The minimum absolute atomic E-state index is 0.0589. The highest BCUT2D eigenvalue weighted by atomic mass is 16.5. The van der Waals surface area contributed by atoms with Gasteiger partial charge in [0, 0.05) is 31.9 Å². The van der Waals surface area contributed by atoms with Crippen LogP contribution in [-0.4, -0.2) is 44.0 Å². The van der Waals surface area contributed by atoms with Gasteiger partial charge < -0.3 is 14.7 Å². The summed E-state index contributed by atoms with van der Waals surface area (Å²) in [5.74, 6) is -2.10. The summed E-state index contributed by atoms with van der Waals surface area (Å²) in [7, 11) is 5.10. The Morgan fingerprint density at radius 3 is 2.37 bits per heavy atom. The normalized spacial score (nSPS) is 16.1. The number of rotatable bonds is 6. The van der Waals surface area contributed by atoms with Gasteiger partial charge in [0.15, 0.2) is 11.5 Å². The van der Waals surface area contributed by atoms with Gasteiger partial charge in [-0.3, -0.25) is 14.5 Å². The number of aliphatic hydroxyl groups excluding tert-OH is 1. The van der Waals surface area contributed by atoms with Crippen LogP contribution in [0.1, 0.15) is 35.3 Å². The first-order chi connectivity index (χ1) is 14.3. The predicted octanol–water partition coefficient (Wildman–Crippen LogP) is 3.42. The van der Waals surface area contributed by atoms with E-state index >= 15 is 0 Å². The lowest BCUT2D eigenvalue weighted by Crippen LogP contribution is -2.31. The van der Waals surface area contributed by atoms with Crippen molar-refractivity contribution in [3.63, 3.8) is 0 Å². The molecular formula is C23H24N2O5. The monoisotopic (exact) mass is 408 g/mol. The summed E-state index contributed by atoms with van der Waals surface area (Å²) in [6.45, 7) is 1.68. The molecule has 1 aliphatic rings. The van der Waals surface area contributed by atoms with Crippen LogP contribution in [0.2, 0.25) is 0 Å². The van der Waals surface area contributed by atoms with E-state index in [1.54, 1.807) is 25.1 Å². The predicted molar refractivity (Wildman–Crippen MR) is 114 cm³/mol. The number of anilines is 2. The van der Waals surface area contributed by atoms with E-state index in [9.17, 15) is 19.5 Å². The number of ketones is 1. The van der Waals surface area contributed by atoms with E-state index in [0.717, 1.165) is 5.69 Å². The van der Waals surface area contributed by atoms with E-state index in [0.29, 0.717) is 11.3 Å². The van der Waals surface area contributed by atoms with Crippen molar-refractivity contribution in [2.24, 2.45) is 0 Å². The Balaban J connectivity index is 2.15. The minimum atomic E-state index is -0.797. The van der Waals surface area contributed by atoms with Gasteiger partial charge in [-0.25, -0.2) is 4.79 Å². The van der Waals surface area contributed by atoms with Crippen LogP contribution in [0.25, 0.3) is 0 Å². The number of ether oxygens (including phenoxy) is 1. The minimum Gasteiger partial charge on any atom is -0.503 e. The second-order valence-electron chi connectivity index (χ2n) is 7.14. The molecule has 0 radical (unpaired) electrons. The molecule has 3 rings (SSSR count). The van der Waals surface area contributed by atoms with Gasteiger partial charge in [-0.2, -0.15) is 0 Å². The van der Waals surface area contributed by atoms with Crippen molar-refractivity contribution in [3.05, 3.63) is 71.0 Å². The molecule has 7 nitrogen and oxygen atoms in total. The maximum atomic E-state index is 13.0. The number of esters is 1. The molecule has 2 aromatic carbocycles. The van der Waals surface area contributed by atoms with Crippen LogP contribution in [0.3, 0.4) is 0 Å². The molecule has 1 N–H and O–H groups in total. The fourth-order valence-electron chi connectivity index (χ4n) is 3.52. The fourth-order valence-corrected chi connectivity index (χ4v) is 3.52. The van der Waals surface area contributed by atoms with Crippen LogP contribution in [0.4, 0.5) is 11.4 Å². The molecule has 7 heteroatoms. The molecule has 0 bridgehead atoms. The summed E-state index contributed by atoms with van der Waals surface area (Å²) >= 11 is 0. The number of amides is 1. The molecule has 1 heterocycles. The topological polar surface area (TPSA) is 87.2 Å². The molecule has 30 heavy (non-hydrogen) atoms. The standard InChI is InChI=1S/C23H24N2O5/c1-5-18(26)19-20(14-9-11-16(12-10-14)24(2)3)25(22(28)21(19)27)17-8-6-7-15(13-17)23(29)30-4/h6-13,20,27H,5H2,1-4H3. The van der Waals surface area contributed by atoms with Crippen molar-refractivity contribution in [2.45, 2.75) is 19.4 Å². The van der Waals surface area contributed by atoms with Gasteiger partial charge in [-0.05, 0) is 35.9 Å². The van der Waals surface area contributed by atoms with E-state index in [-0.39, 0.29) is 23.3 Å². The molecule has 0 spiro atoms. The summed E-state index contributed by atoms with van der Waals surface area (Å²) in [6, 6.07) is 13.0. The quantitative estimate of drug-likeness (QED) is 0.737. The van der Waals surface area contributed by atoms with Crippen molar-refractivity contribution in [3.8, 4) is 0 Å². The Morgan fingerprint density at radius 2 is 1.80 bits per heavy atom. The maximum absolute atomic E-state index is 13.0. The number of nitrogens with zero attached hydrogens (tertiary/aromatic N) is 2. The molecule has 0 saturated heterocycles. The molecule has 1 aliphatic heterocycles. The highest BCUT2D eigenvalue weighted by molar-refractivity contribution is 6.16. The van der Waals surface area contributed by atoms with E-state index in [1.165, 1.54) is 18.1 Å². The number of hydrogen-bond acceptors (Lipinski definition) is 6. The van der Waals surface area contributed by atoms with Gasteiger partial charge in [-0.1, -0.05) is 25.1 Å². The lowest BCUT2D eigenvalue weighted by molar-refractivity contribution is -0.118. The van der Waals surface area contributed by atoms with Crippen LogP contribution < -0.4 is 9.80 Å². The first-order valence-electron chi connectivity index (χ1n) is 9.55. The van der Waals surface area contributed by atoms with Crippen molar-refractivity contribution in [1.82, 2.24) is 0 Å². The van der Waals surface area contributed by atoms with Crippen LogP contribution in [0.5, 0.6) is 0 Å². The molecule has 1 unspecified atom stereocenters. The molecule has 2 aromatic rings. The number of methoxy groups -OCH3 is 1. The summed E-state index contributed by atoms with van der Waals surface area (Å²) < 4.78 is 4.76. The molecule has 156 valence electrons. The lowest BCUT2D eigenvalue weighted by Gasteiger charge is -2.27. The average molecular weight is 408 g/mol. The summed E-state index contributed by atoms with van der Waals surface area (Å²) in [4.78, 5) is 40.9. The number of carbonyl (C=O) groups is 3. The second-order valence-corrected chi connectivity index (χ2v) is 7.14. The smallest absolute Gasteiger partial charge is 0.337 e. The number of benzene rings is 2. The lowest BCUT2D eigenvalue weighted by atomic mass is 9.94. The maximum Gasteiger partial charge on any atom is 0.337 e. The van der Waals surface area contributed by atoms with E-state index in [4.69, 9.17) is 4.74 Å². The highest BCUT2D eigenvalue weighted by Crippen LogP contribution is 2.41. The van der Waals surface area contributed by atoms with Crippen molar-refractivity contribution < 1.29 is 24.2 Å². The zero-order valence-corrected chi connectivity index (χ0v) is 17.4. The van der Waals surface area contributed by atoms with Gasteiger partial charge in [0.25, 0.3) is 5.91 Å². The third-order valence-corrected chi connectivity index (χ3v) is 5.10. The van der Waals surface area contributed by atoms with E-state index < -0.39 is 23.7 Å². The first-order valence-corrected chi connectivity index (χ1v) is 9.55. The summed E-state index contributed by atoms with van der Waals surface area (Å²) in [6.07, 6.45) is 0.148. The number of aliphatic hydroxyl groups is 1. The van der Waals surface area contributed by atoms with Gasteiger partial charge in [0.1, 0.15) is 0 Å². The molecule has 0 aromatic heterocycles. The van der Waals surface area contributed by atoms with Gasteiger partial charge in [0.05, 0.1) is 24.3 Å². The first kappa shape index (κ1) is 21.1. The summed E-state index contributed by atoms with van der Waals surface area (Å²) in [5, 5.41) is 10.6. The number of hydrogen-bond donors (Lipinski definition) is 1. The van der Waals surface area contributed by atoms with Gasteiger partial charge >= 0.3 is 5.97 Å². The number of Topliss-reactive ketones (excluding diaryl/α,β-unsaturated/α-hetero) is 1. The molecule has 0 fully saturated rings. The van der Waals surface area contributed by atoms with E-state index in [2.05, 4.69) is 0 Å². The van der Waals surface area contributed by atoms with Crippen molar-refractivity contribution >= 4 is 29.0 Å². The Hall–Kier alpha value is -3.61.